The molecule has 0 radical (unpaired) electrons. The van der Waals surface area contributed by atoms with Crippen molar-refractivity contribution in [2.24, 2.45) is 11.8 Å². The largest absolute Gasteiger partial charge is 0.485 e. The standard InChI is InChI=1S/C54H34N2O/c1-2-7-38-30(6-1)17-23-51-54(38)44-27-34(18-22-50(44)57-51)33-16-21-49-43(26-33)39-8-3-4-11-48(39)56(49)37-19-14-31-24-36(13-12-32(31)25-37)47-29-45-52-41(20-15-35-28-42(35)52)40-9-5-10-46(55-47)53(40)45/h1-27,29,35,42,44,50H,28H2. The van der Waals surface area contributed by atoms with Gasteiger partial charge in [0.15, 0.2) is 0 Å². The van der Waals surface area contributed by atoms with Gasteiger partial charge < -0.3 is 9.30 Å². The molecule has 1 fully saturated rings. The summed E-state index contributed by atoms with van der Waals surface area (Å²) in [5.74, 6) is 2.55. The Bertz CT molecular complexity index is 3450. The Morgan fingerprint density at radius 1 is 0.614 bits per heavy atom. The highest BCUT2D eigenvalue weighted by Gasteiger charge is 2.44. The van der Waals surface area contributed by atoms with Gasteiger partial charge in [0.05, 0.1) is 22.2 Å². The molecule has 3 heterocycles. The van der Waals surface area contributed by atoms with Gasteiger partial charge in [-0.3, -0.25) is 0 Å². The Hall–Kier alpha value is -6.97. The highest BCUT2D eigenvalue weighted by Crippen LogP contribution is 2.59. The monoisotopic (exact) mass is 726 g/mol. The lowest BCUT2D eigenvalue weighted by atomic mass is 9.84. The van der Waals surface area contributed by atoms with E-state index in [2.05, 4.69) is 174 Å². The van der Waals surface area contributed by atoms with Crippen LogP contribution in [0.15, 0.2) is 170 Å². The van der Waals surface area contributed by atoms with Gasteiger partial charge in [0.1, 0.15) is 11.9 Å². The van der Waals surface area contributed by atoms with Gasteiger partial charge >= 0.3 is 0 Å². The van der Waals surface area contributed by atoms with Crippen LogP contribution in [-0.4, -0.2) is 15.7 Å². The van der Waals surface area contributed by atoms with E-state index in [9.17, 15) is 0 Å². The van der Waals surface area contributed by atoms with E-state index in [-0.39, 0.29) is 12.0 Å². The van der Waals surface area contributed by atoms with Gasteiger partial charge in [0, 0.05) is 38.9 Å². The predicted molar refractivity (Wildman–Crippen MR) is 235 cm³/mol. The second kappa shape index (κ2) is 10.9. The fourth-order valence-corrected chi connectivity index (χ4v) is 10.8. The molecule has 0 amide bonds. The first-order valence-electron chi connectivity index (χ1n) is 20.3. The van der Waals surface area contributed by atoms with Gasteiger partial charge in [0.25, 0.3) is 0 Å². The van der Waals surface area contributed by atoms with Crippen molar-refractivity contribution in [2.45, 2.75) is 18.4 Å². The maximum Gasteiger partial charge on any atom is 0.128 e. The Labute approximate surface area is 329 Å². The van der Waals surface area contributed by atoms with Gasteiger partial charge in [0.2, 0.25) is 0 Å². The molecule has 9 aromatic rings. The van der Waals surface area contributed by atoms with Crippen LogP contribution >= 0.6 is 0 Å². The lowest BCUT2D eigenvalue weighted by Gasteiger charge is -2.19. The summed E-state index contributed by atoms with van der Waals surface area (Å²) in [6.45, 7) is 0. The van der Waals surface area contributed by atoms with Crippen molar-refractivity contribution in [3.63, 3.8) is 0 Å². The number of ether oxygens (including phenoxy) is 1. The lowest BCUT2D eigenvalue weighted by Crippen LogP contribution is -2.17. The summed E-state index contributed by atoms with van der Waals surface area (Å²) in [6.07, 6.45) is 13.0. The molecule has 266 valence electrons. The average molecular weight is 727 g/mol. The molecule has 1 saturated carbocycles. The fourth-order valence-electron chi connectivity index (χ4n) is 10.8. The SMILES string of the molecule is C1=CC2Oc3ccc4ccccc4c3C2C=C1c1ccc2c(c1)c1ccccc1n2-c1ccc2cc(-c3cc4c5c(cccc5n3)C3=C4C4CC4C=C3)ccc2c1. The predicted octanol–water partition coefficient (Wildman–Crippen LogP) is 13.2. The van der Waals surface area contributed by atoms with E-state index < -0.39 is 0 Å². The summed E-state index contributed by atoms with van der Waals surface area (Å²) in [5.41, 5.74) is 16.4. The number of hydrogen-bond acceptors (Lipinski definition) is 2. The molecular weight excluding hydrogens is 693 g/mol. The Morgan fingerprint density at radius 3 is 2.44 bits per heavy atom. The first kappa shape index (κ1) is 30.3. The van der Waals surface area contributed by atoms with E-state index >= 15 is 0 Å². The minimum Gasteiger partial charge on any atom is -0.485 e. The quantitative estimate of drug-likeness (QED) is 0.181. The zero-order valence-electron chi connectivity index (χ0n) is 31.0. The number of hydrogen-bond donors (Lipinski definition) is 0. The van der Waals surface area contributed by atoms with E-state index in [0.717, 1.165) is 28.2 Å². The van der Waals surface area contributed by atoms with Crippen LogP contribution in [-0.2, 0) is 0 Å². The minimum absolute atomic E-state index is 0.0228. The topological polar surface area (TPSA) is 27.1 Å². The third-order valence-electron chi connectivity index (χ3n) is 13.5. The second-order valence-electron chi connectivity index (χ2n) is 16.6. The Morgan fingerprint density at radius 2 is 1.46 bits per heavy atom. The number of nitrogens with zero attached hydrogens (tertiary/aromatic N) is 2. The summed E-state index contributed by atoms with van der Waals surface area (Å²) in [4.78, 5) is 5.25. The third-order valence-corrected chi connectivity index (χ3v) is 13.5. The molecule has 5 aliphatic rings. The zero-order valence-corrected chi connectivity index (χ0v) is 31.0. The number of pyridine rings is 1. The van der Waals surface area contributed by atoms with E-state index in [1.165, 1.54) is 88.6 Å². The van der Waals surface area contributed by atoms with Gasteiger partial charge in [-0.15, -0.1) is 0 Å². The molecule has 57 heavy (non-hydrogen) atoms. The van der Waals surface area contributed by atoms with E-state index in [1.54, 1.807) is 5.57 Å². The van der Waals surface area contributed by atoms with Crippen LogP contribution in [0.4, 0.5) is 0 Å². The summed E-state index contributed by atoms with van der Waals surface area (Å²) in [5, 5.41) is 8.81. The number of aromatic nitrogens is 2. The fraction of sp³-hybridized carbons (Fsp3) is 0.0926. The highest BCUT2D eigenvalue weighted by atomic mass is 16.5. The van der Waals surface area contributed by atoms with Crippen LogP contribution in [0.25, 0.3) is 87.9 Å². The number of para-hydroxylation sites is 1. The molecular formula is C54H34N2O. The molecule has 4 unspecified atom stereocenters. The second-order valence-corrected chi connectivity index (χ2v) is 16.6. The van der Waals surface area contributed by atoms with Crippen LogP contribution < -0.4 is 4.74 Å². The van der Waals surface area contributed by atoms with Crippen LogP contribution in [0, 0.1) is 11.8 Å². The zero-order chi connectivity index (χ0) is 36.9. The maximum absolute atomic E-state index is 6.45. The van der Waals surface area contributed by atoms with E-state index in [4.69, 9.17) is 9.72 Å². The minimum atomic E-state index is 0.0228. The van der Waals surface area contributed by atoms with Gasteiger partial charge in [-0.2, -0.15) is 0 Å². The Balaban J connectivity index is 0.852. The molecule has 3 heteroatoms. The van der Waals surface area contributed by atoms with Gasteiger partial charge in [-0.05, 0) is 134 Å². The number of rotatable bonds is 3. The summed E-state index contributed by atoms with van der Waals surface area (Å²) in [6, 6.07) is 51.5. The maximum atomic E-state index is 6.45. The highest BCUT2D eigenvalue weighted by molar-refractivity contribution is 6.17. The van der Waals surface area contributed by atoms with Crippen molar-refractivity contribution < 1.29 is 4.74 Å². The number of benzene rings is 7. The van der Waals surface area contributed by atoms with Crippen LogP contribution in [0.1, 0.15) is 34.6 Å². The molecule has 0 N–H and O–H groups in total. The average Bonchev–Trinajstić information content (AvgIpc) is 3.71. The molecule has 0 spiro atoms. The van der Waals surface area contributed by atoms with E-state index in [0.29, 0.717) is 11.8 Å². The summed E-state index contributed by atoms with van der Waals surface area (Å²) < 4.78 is 8.88. The van der Waals surface area contributed by atoms with Crippen molar-refractivity contribution in [3.8, 4) is 22.7 Å². The molecule has 2 aromatic heterocycles. The van der Waals surface area contributed by atoms with E-state index in [1.807, 2.05) is 0 Å². The van der Waals surface area contributed by atoms with Gasteiger partial charge in [-0.1, -0.05) is 109 Å². The third kappa shape index (κ3) is 4.18. The molecule has 3 nitrogen and oxygen atoms in total. The van der Waals surface area contributed by atoms with Crippen molar-refractivity contribution in [1.29, 1.82) is 0 Å². The molecule has 0 saturated heterocycles. The molecule has 4 atom stereocenters. The smallest absolute Gasteiger partial charge is 0.128 e. The van der Waals surface area contributed by atoms with Gasteiger partial charge in [-0.25, -0.2) is 4.98 Å². The molecule has 14 rings (SSSR count). The molecule has 0 bridgehead atoms. The Kier molecular flexibility index (Phi) is 5.77. The van der Waals surface area contributed by atoms with Crippen molar-refractivity contribution in [1.82, 2.24) is 9.55 Å². The van der Waals surface area contributed by atoms with Crippen molar-refractivity contribution >= 4 is 71.0 Å². The van der Waals surface area contributed by atoms with Crippen molar-refractivity contribution in [3.05, 3.63) is 192 Å². The number of fused-ring (bicyclic) bond motifs is 13. The van der Waals surface area contributed by atoms with Crippen LogP contribution in [0.3, 0.4) is 0 Å². The lowest BCUT2D eigenvalue weighted by molar-refractivity contribution is 0.269. The molecule has 1 aliphatic heterocycles. The van der Waals surface area contributed by atoms with Crippen LogP contribution in [0.2, 0.25) is 0 Å². The molecule has 7 aromatic carbocycles. The summed E-state index contributed by atoms with van der Waals surface area (Å²) in [7, 11) is 0. The first-order chi connectivity index (χ1) is 28.2. The summed E-state index contributed by atoms with van der Waals surface area (Å²) >= 11 is 0. The normalized spacial score (nSPS) is 20.9. The number of allylic oxidation sites excluding steroid dienone is 6. The van der Waals surface area contributed by atoms with Crippen LogP contribution in [0.5, 0.6) is 5.75 Å². The molecule has 4 aliphatic carbocycles. The van der Waals surface area contributed by atoms with Crippen molar-refractivity contribution in [2.75, 3.05) is 0 Å². The first-order valence-corrected chi connectivity index (χ1v) is 20.3.